The number of sulfonamides is 1. The minimum absolute atomic E-state index is 0.0570. The number of methoxy groups -OCH3 is 1. The predicted molar refractivity (Wildman–Crippen MR) is 73.6 cm³/mol. The SMILES string of the molecule is COc1ccc(F)c(NS(=O)(=O)c2cnc(NN)nc2)c1. The highest BCUT2D eigenvalue weighted by Crippen LogP contribution is 2.23. The fourth-order valence-corrected chi connectivity index (χ4v) is 2.39. The van der Waals surface area contributed by atoms with Crippen LogP contribution < -0.4 is 20.7 Å². The van der Waals surface area contributed by atoms with Crippen LogP contribution in [0.5, 0.6) is 5.75 Å². The fraction of sp³-hybridized carbons (Fsp3) is 0.0909. The summed E-state index contributed by atoms with van der Waals surface area (Å²) in [6.07, 6.45) is 2.09. The van der Waals surface area contributed by atoms with E-state index in [9.17, 15) is 12.8 Å². The number of nitrogens with zero attached hydrogens (tertiary/aromatic N) is 2. The number of benzene rings is 1. The van der Waals surface area contributed by atoms with E-state index in [-0.39, 0.29) is 16.5 Å². The van der Waals surface area contributed by atoms with Gasteiger partial charge in [-0.2, -0.15) is 0 Å². The molecule has 0 fully saturated rings. The molecule has 0 aliphatic heterocycles. The van der Waals surface area contributed by atoms with Gasteiger partial charge in [0, 0.05) is 6.07 Å². The molecule has 10 heteroatoms. The van der Waals surface area contributed by atoms with Gasteiger partial charge in [-0.25, -0.2) is 28.6 Å². The average molecular weight is 313 g/mol. The van der Waals surface area contributed by atoms with Crippen LogP contribution in [0, 0.1) is 5.82 Å². The molecule has 0 atom stereocenters. The number of nitrogen functional groups attached to an aromatic ring is 1. The van der Waals surface area contributed by atoms with E-state index in [0.29, 0.717) is 5.75 Å². The summed E-state index contributed by atoms with van der Waals surface area (Å²) in [6, 6.07) is 3.69. The molecule has 21 heavy (non-hydrogen) atoms. The van der Waals surface area contributed by atoms with Crippen molar-refractivity contribution >= 4 is 21.7 Å². The number of ether oxygens (including phenoxy) is 1. The lowest BCUT2D eigenvalue weighted by atomic mass is 10.3. The summed E-state index contributed by atoms with van der Waals surface area (Å²) in [4.78, 5) is 7.12. The molecule has 1 heterocycles. The fourth-order valence-electron chi connectivity index (χ4n) is 1.44. The van der Waals surface area contributed by atoms with Crippen LogP contribution in [-0.4, -0.2) is 25.5 Å². The number of anilines is 2. The molecule has 1 aromatic carbocycles. The van der Waals surface area contributed by atoms with Gasteiger partial charge in [-0.15, -0.1) is 0 Å². The van der Waals surface area contributed by atoms with Crippen molar-refractivity contribution in [3.05, 3.63) is 36.4 Å². The zero-order valence-electron chi connectivity index (χ0n) is 10.9. The van der Waals surface area contributed by atoms with E-state index in [1.165, 1.54) is 19.2 Å². The lowest BCUT2D eigenvalue weighted by molar-refractivity contribution is 0.414. The summed E-state index contributed by atoms with van der Waals surface area (Å²) in [5.41, 5.74) is 1.93. The monoisotopic (exact) mass is 313 g/mol. The maximum Gasteiger partial charge on any atom is 0.265 e. The molecule has 112 valence electrons. The van der Waals surface area contributed by atoms with Crippen LogP contribution in [0.2, 0.25) is 0 Å². The second kappa shape index (κ2) is 5.89. The maximum absolute atomic E-state index is 13.6. The average Bonchev–Trinajstić information content (AvgIpc) is 2.49. The van der Waals surface area contributed by atoms with Gasteiger partial charge in [-0.05, 0) is 12.1 Å². The van der Waals surface area contributed by atoms with Gasteiger partial charge >= 0.3 is 0 Å². The van der Waals surface area contributed by atoms with E-state index >= 15 is 0 Å². The van der Waals surface area contributed by atoms with E-state index in [1.54, 1.807) is 0 Å². The number of rotatable bonds is 5. The lowest BCUT2D eigenvalue weighted by Gasteiger charge is -2.10. The Hall–Kier alpha value is -2.46. The molecule has 2 rings (SSSR count). The Morgan fingerprint density at radius 1 is 1.29 bits per heavy atom. The molecule has 0 bridgehead atoms. The van der Waals surface area contributed by atoms with Crippen LogP contribution in [-0.2, 0) is 10.0 Å². The molecule has 0 saturated heterocycles. The van der Waals surface area contributed by atoms with Crippen molar-refractivity contribution in [2.45, 2.75) is 4.90 Å². The van der Waals surface area contributed by atoms with Crippen LogP contribution in [0.4, 0.5) is 16.0 Å². The van der Waals surface area contributed by atoms with Crippen LogP contribution in [0.3, 0.4) is 0 Å². The number of nitrogens with two attached hydrogens (primary N) is 1. The molecular weight excluding hydrogens is 301 g/mol. The standard InChI is InChI=1S/C11H12FN5O3S/c1-20-7-2-3-9(12)10(4-7)17-21(18,19)8-5-14-11(16-13)15-6-8/h2-6,17H,13H2,1H3,(H,14,15,16). The van der Waals surface area contributed by atoms with E-state index < -0.39 is 15.8 Å². The third kappa shape index (κ3) is 3.35. The molecule has 0 aliphatic rings. The molecule has 2 aromatic rings. The topological polar surface area (TPSA) is 119 Å². The molecule has 0 saturated carbocycles. The third-order valence-electron chi connectivity index (χ3n) is 2.49. The molecule has 4 N–H and O–H groups in total. The zero-order valence-corrected chi connectivity index (χ0v) is 11.7. The predicted octanol–water partition coefficient (Wildman–Crippen LogP) is 0.711. The van der Waals surface area contributed by atoms with Crippen LogP contribution >= 0.6 is 0 Å². The Kier molecular flexibility index (Phi) is 4.19. The number of hydrazine groups is 1. The molecule has 0 radical (unpaired) electrons. The Labute approximate surface area is 120 Å². The summed E-state index contributed by atoms with van der Waals surface area (Å²) in [5, 5.41) is 0. The number of halogens is 1. The summed E-state index contributed by atoms with van der Waals surface area (Å²) < 4.78 is 44.8. The second-order valence-corrected chi connectivity index (χ2v) is 5.52. The van der Waals surface area contributed by atoms with E-state index in [2.05, 4.69) is 20.1 Å². The molecule has 0 amide bonds. The van der Waals surface area contributed by atoms with Crippen LogP contribution in [0.15, 0.2) is 35.5 Å². The smallest absolute Gasteiger partial charge is 0.265 e. The molecule has 8 nitrogen and oxygen atoms in total. The number of hydrogen-bond acceptors (Lipinski definition) is 7. The Morgan fingerprint density at radius 3 is 2.52 bits per heavy atom. The van der Waals surface area contributed by atoms with Gasteiger partial charge in [-0.1, -0.05) is 0 Å². The Morgan fingerprint density at radius 2 is 1.95 bits per heavy atom. The van der Waals surface area contributed by atoms with Crippen molar-refractivity contribution in [1.82, 2.24) is 9.97 Å². The highest BCUT2D eigenvalue weighted by atomic mass is 32.2. The third-order valence-corrected chi connectivity index (χ3v) is 3.81. The van der Waals surface area contributed by atoms with Crippen molar-refractivity contribution in [3.63, 3.8) is 0 Å². The highest BCUT2D eigenvalue weighted by molar-refractivity contribution is 7.92. The molecule has 1 aromatic heterocycles. The maximum atomic E-state index is 13.6. The molecule has 0 spiro atoms. The van der Waals surface area contributed by atoms with Gasteiger partial charge in [0.25, 0.3) is 10.0 Å². The normalized spacial score (nSPS) is 11.0. The number of nitrogens with one attached hydrogen (secondary N) is 2. The summed E-state index contributed by atoms with van der Waals surface area (Å²) >= 11 is 0. The minimum atomic E-state index is -4.02. The van der Waals surface area contributed by atoms with E-state index in [4.69, 9.17) is 10.6 Å². The van der Waals surface area contributed by atoms with Gasteiger partial charge < -0.3 is 4.74 Å². The van der Waals surface area contributed by atoms with Crippen molar-refractivity contribution in [2.75, 3.05) is 17.3 Å². The number of hydrogen-bond donors (Lipinski definition) is 3. The lowest BCUT2D eigenvalue weighted by Crippen LogP contribution is -2.16. The second-order valence-electron chi connectivity index (χ2n) is 3.84. The first-order valence-corrected chi connectivity index (χ1v) is 7.09. The highest BCUT2D eigenvalue weighted by Gasteiger charge is 2.18. The van der Waals surface area contributed by atoms with Crippen LogP contribution in [0.1, 0.15) is 0 Å². The summed E-state index contributed by atoms with van der Waals surface area (Å²) in [7, 11) is -2.64. The Bertz CT molecular complexity index is 736. The first-order valence-electron chi connectivity index (χ1n) is 5.61. The van der Waals surface area contributed by atoms with Crippen LogP contribution in [0.25, 0.3) is 0 Å². The van der Waals surface area contributed by atoms with Gasteiger partial charge in [-0.3, -0.25) is 10.1 Å². The van der Waals surface area contributed by atoms with Crippen molar-refractivity contribution in [1.29, 1.82) is 0 Å². The first-order chi connectivity index (χ1) is 9.96. The van der Waals surface area contributed by atoms with Gasteiger partial charge in [0.15, 0.2) is 0 Å². The summed E-state index contributed by atoms with van der Waals surface area (Å²) in [6.45, 7) is 0. The van der Waals surface area contributed by atoms with Gasteiger partial charge in [0.05, 0.1) is 25.2 Å². The number of aromatic nitrogens is 2. The van der Waals surface area contributed by atoms with Crippen molar-refractivity contribution in [3.8, 4) is 5.75 Å². The minimum Gasteiger partial charge on any atom is -0.497 e. The largest absolute Gasteiger partial charge is 0.497 e. The van der Waals surface area contributed by atoms with E-state index in [1.807, 2.05) is 0 Å². The Balaban J connectivity index is 2.32. The van der Waals surface area contributed by atoms with Gasteiger partial charge in [0.2, 0.25) is 5.95 Å². The van der Waals surface area contributed by atoms with Gasteiger partial charge in [0.1, 0.15) is 16.5 Å². The quantitative estimate of drug-likeness (QED) is 0.549. The molecule has 0 aliphatic carbocycles. The first kappa shape index (κ1) is 14.9. The zero-order chi connectivity index (χ0) is 15.5. The molecule has 0 unspecified atom stereocenters. The van der Waals surface area contributed by atoms with Crippen molar-refractivity contribution < 1.29 is 17.5 Å². The van der Waals surface area contributed by atoms with Crippen molar-refractivity contribution in [2.24, 2.45) is 5.84 Å². The summed E-state index contributed by atoms with van der Waals surface area (Å²) in [5.74, 6) is 4.72. The van der Waals surface area contributed by atoms with E-state index in [0.717, 1.165) is 18.5 Å². The molecular formula is C11H12FN5O3S.